The number of aromatic hydroxyl groups is 1. The summed E-state index contributed by atoms with van der Waals surface area (Å²) in [4.78, 5) is 17.1. The Morgan fingerprint density at radius 2 is 1.75 bits per heavy atom. The van der Waals surface area contributed by atoms with Crippen molar-refractivity contribution >= 4 is 34.6 Å². The Balaban J connectivity index is 1.77. The standard InChI is InChI=1S/C19H18N2O2S/c1-12(2)14-5-3-13(4-6-14)11-17-18(23)21-19(24-17)20-15-7-9-16(22)10-8-15/h3-12,22H,1-2H3,(H,20,21,23)/b17-11-. The third-order valence-electron chi connectivity index (χ3n) is 3.63. The van der Waals surface area contributed by atoms with Crippen LogP contribution >= 0.6 is 11.8 Å². The van der Waals surface area contributed by atoms with E-state index in [4.69, 9.17) is 0 Å². The highest BCUT2D eigenvalue weighted by Gasteiger charge is 2.23. The molecule has 4 nitrogen and oxygen atoms in total. The van der Waals surface area contributed by atoms with Crippen LogP contribution in [-0.4, -0.2) is 16.2 Å². The molecule has 1 heterocycles. The Morgan fingerprint density at radius 1 is 1.08 bits per heavy atom. The van der Waals surface area contributed by atoms with Gasteiger partial charge in [0.1, 0.15) is 5.75 Å². The molecule has 0 aliphatic carbocycles. The monoisotopic (exact) mass is 338 g/mol. The molecule has 2 N–H and O–H groups in total. The highest BCUT2D eigenvalue weighted by atomic mass is 32.2. The van der Waals surface area contributed by atoms with Gasteiger partial charge in [0.2, 0.25) is 0 Å². The first-order chi connectivity index (χ1) is 11.5. The fourth-order valence-electron chi connectivity index (χ4n) is 2.25. The predicted octanol–water partition coefficient (Wildman–Crippen LogP) is 4.41. The molecule has 1 fully saturated rings. The molecule has 122 valence electrons. The van der Waals surface area contributed by atoms with Gasteiger partial charge in [0.25, 0.3) is 5.91 Å². The molecular formula is C19H18N2O2S. The normalized spacial score (nSPS) is 17.7. The van der Waals surface area contributed by atoms with Gasteiger partial charge in [0.05, 0.1) is 10.6 Å². The molecule has 24 heavy (non-hydrogen) atoms. The average molecular weight is 338 g/mol. The van der Waals surface area contributed by atoms with E-state index in [1.165, 1.54) is 17.3 Å². The summed E-state index contributed by atoms with van der Waals surface area (Å²) in [7, 11) is 0. The first-order valence-corrected chi connectivity index (χ1v) is 8.51. The molecule has 0 atom stereocenters. The van der Waals surface area contributed by atoms with E-state index >= 15 is 0 Å². The quantitative estimate of drug-likeness (QED) is 0.815. The molecule has 1 aliphatic rings. The SMILES string of the molecule is CC(C)c1ccc(/C=C2\SC(=Nc3ccc(O)cc3)NC2=O)cc1. The molecule has 0 radical (unpaired) electrons. The highest BCUT2D eigenvalue weighted by Crippen LogP contribution is 2.28. The number of nitrogens with one attached hydrogen (secondary N) is 1. The maximum Gasteiger partial charge on any atom is 0.264 e. The zero-order valence-corrected chi connectivity index (χ0v) is 14.3. The number of phenols is 1. The number of hydrogen-bond donors (Lipinski definition) is 2. The van der Waals surface area contributed by atoms with Crippen LogP contribution in [0, 0.1) is 0 Å². The van der Waals surface area contributed by atoms with Crippen molar-refractivity contribution in [2.24, 2.45) is 4.99 Å². The van der Waals surface area contributed by atoms with Gasteiger partial charge >= 0.3 is 0 Å². The molecule has 0 bridgehead atoms. The molecule has 0 saturated carbocycles. The first kappa shape index (κ1) is 16.3. The van der Waals surface area contributed by atoms with Crippen LogP contribution in [0.4, 0.5) is 5.69 Å². The summed E-state index contributed by atoms with van der Waals surface area (Å²) < 4.78 is 0. The van der Waals surface area contributed by atoms with Gasteiger partial charge < -0.3 is 10.4 Å². The topological polar surface area (TPSA) is 61.7 Å². The maximum atomic E-state index is 12.1. The molecule has 5 heteroatoms. The van der Waals surface area contributed by atoms with E-state index in [1.807, 2.05) is 18.2 Å². The van der Waals surface area contributed by atoms with Crippen LogP contribution in [0.15, 0.2) is 58.4 Å². The van der Waals surface area contributed by atoms with Crippen molar-refractivity contribution in [1.82, 2.24) is 5.32 Å². The van der Waals surface area contributed by atoms with Crippen molar-refractivity contribution in [2.75, 3.05) is 0 Å². The Kier molecular flexibility index (Phi) is 4.71. The van der Waals surface area contributed by atoms with Crippen molar-refractivity contribution in [1.29, 1.82) is 0 Å². The Bertz CT molecular complexity index is 806. The van der Waals surface area contributed by atoms with E-state index < -0.39 is 0 Å². The van der Waals surface area contributed by atoms with Gasteiger partial charge in [-0.25, -0.2) is 4.99 Å². The minimum atomic E-state index is -0.148. The fraction of sp³-hybridized carbons (Fsp3) is 0.158. The van der Waals surface area contributed by atoms with Crippen molar-refractivity contribution in [3.63, 3.8) is 0 Å². The molecule has 1 aliphatic heterocycles. The predicted molar refractivity (Wildman–Crippen MR) is 99.4 cm³/mol. The van der Waals surface area contributed by atoms with Crippen molar-refractivity contribution < 1.29 is 9.90 Å². The van der Waals surface area contributed by atoms with Crippen LogP contribution in [0.2, 0.25) is 0 Å². The van der Waals surface area contributed by atoms with Crippen LogP contribution in [0.3, 0.4) is 0 Å². The molecule has 2 aromatic rings. The number of amidine groups is 1. The summed E-state index contributed by atoms with van der Waals surface area (Å²) in [6.45, 7) is 4.31. The number of amides is 1. The van der Waals surface area contributed by atoms with Crippen LogP contribution in [0.1, 0.15) is 30.9 Å². The summed E-state index contributed by atoms with van der Waals surface area (Å²) in [6, 6.07) is 14.7. The number of carbonyl (C=O) groups excluding carboxylic acids is 1. The lowest BCUT2D eigenvalue weighted by molar-refractivity contribution is -0.115. The van der Waals surface area contributed by atoms with E-state index in [0.29, 0.717) is 21.7 Å². The number of rotatable bonds is 3. The van der Waals surface area contributed by atoms with E-state index in [0.717, 1.165) is 5.56 Å². The second-order valence-electron chi connectivity index (χ2n) is 5.82. The van der Waals surface area contributed by atoms with Crippen molar-refractivity contribution in [3.8, 4) is 5.75 Å². The Hall–Kier alpha value is -2.53. The minimum absolute atomic E-state index is 0.148. The summed E-state index contributed by atoms with van der Waals surface area (Å²) in [5.41, 5.74) is 2.94. The van der Waals surface area contributed by atoms with Gasteiger partial charge in [0.15, 0.2) is 5.17 Å². The zero-order valence-electron chi connectivity index (χ0n) is 13.5. The number of hydrogen-bond acceptors (Lipinski definition) is 4. The van der Waals surface area contributed by atoms with Gasteiger partial charge in [-0.2, -0.15) is 0 Å². The van der Waals surface area contributed by atoms with Crippen LogP contribution in [-0.2, 0) is 4.79 Å². The fourth-order valence-corrected chi connectivity index (χ4v) is 3.10. The van der Waals surface area contributed by atoms with Gasteiger partial charge in [-0.15, -0.1) is 0 Å². The molecule has 0 aromatic heterocycles. The smallest absolute Gasteiger partial charge is 0.264 e. The Morgan fingerprint density at radius 3 is 2.38 bits per heavy atom. The van der Waals surface area contributed by atoms with Gasteiger partial charge in [-0.1, -0.05) is 38.1 Å². The number of benzene rings is 2. The molecular weight excluding hydrogens is 320 g/mol. The second kappa shape index (κ2) is 6.93. The number of thioether (sulfide) groups is 1. The molecule has 1 amide bonds. The summed E-state index contributed by atoms with van der Waals surface area (Å²) in [5, 5.41) is 12.6. The molecule has 0 unspecified atom stereocenters. The minimum Gasteiger partial charge on any atom is -0.508 e. The Labute approximate surface area is 145 Å². The highest BCUT2D eigenvalue weighted by molar-refractivity contribution is 8.18. The lowest BCUT2D eigenvalue weighted by Crippen LogP contribution is -2.19. The number of nitrogens with zero attached hydrogens (tertiary/aromatic N) is 1. The van der Waals surface area contributed by atoms with Gasteiger partial charge in [-0.05, 0) is 59.1 Å². The number of aliphatic imine (C=N–C) groups is 1. The van der Waals surface area contributed by atoms with Crippen LogP contribution < -0.4 is 5.32 Å². The van der Waals surface area contributed by atoms with Crippen molar-refractivity contribution in [2.45, 2.75) is 19.8 Å². The second-order valence-corrected chi connectivity index (χ2v) is 6.85. The first-order valence-electron chi connectivity index (χ1n) is 7.70. The summed E-state index contributed by atoms with van der Waals surface area (Å²) in [6.07, 6.45) is 1.86. The molecule has 0 spiro atoms. The maximum absolute atomic E-state index is 12.1. The lowest BCUT2D eigenvalue weighted by atomic mass is 10.0. The van der Waals surface area contributed by atoms with Gasteiger partial charge in [0, 0.05) is 0 Å². The van der Waals surface area contributed by atoms with Crippen LogP contribution in [0.5, 0.6) is 5.75 Å². The average Bonchev–Trinajstić information content (AvgIpc) is 2.89. The lowest BCUT2D eigenvalue weighted by Gasteiger charge is -2.04. The van der Waals surface area contributed by atoms with Crippen LogP contribution in [0.25, 0.3) is 6.08 Å². The van der Waals surface area contributed by atoms with E-state index in [2.05, 4.69) is 36.3 Å². The molecule has 2 aromatic carbocycles. The summed E-state index contributed by atoms with van der Waals surface area (Å²) >= 11 is 1.31. The third kappa shape index (κ3) is 3.86. The van der Waals surface area contributed by atoms with E-state index in [9.17, 15) is 9.90 Å². The number of phenolic OH excluding ortho intramolecular Hbond substituents is 1. The largest absolute Gasteiger partial charge is 0.508 e. The molecule has 1 saturated heterocycles. The van der Waals surface area contributed by atoms with Crippen molar-refractivity contribution in [3.05, 3.63) is 64.6 Å². The zero-order chi connectivity index (χ0) is 17.1. The molecule has 3 rings (SSSR count). The number of carbonyl (C=O) groups is 1. The van der Waals surface area contributed by atoms with E-state index in [1.54, 1.807) is 24.3 Å². The van der Waals surface area contributed by atoms with Gasteiger partial charge in [-0.3, -0.25) is 4.79 Å². The van der Waals surface area contributed by atoms with E-state index in [-0.39, 0.29) is 11.7 Å². The third-order valence-corrected chi connectivity index (χ3v) is 4.54. The summed E-state index contributed by atoms with van der Waals surface area (Å²) in [5.74, 6) is 0.526.